The number of ether oxygens (including phenoxy) is 1. The summed E-state index contributed by atoms with van der Waals surface area (Å²) >= 11 is 0. The van der Waals surface area contributed by atoms with Gasteiger partial charge >= 0.3 is 0 Å². The molecule has 0 radical (unpaired) electrons. The van der Waals surface area contributed by atoms with Crippen molar-refractivity contribution in [3.05, 3.63) is 23.9 Å². The topological polar surface area (TPSA) is 62.7 Å². The smallest absolute Gasteiger partial charge is 0.255 e. The zero-order valence-electron chi connectivity index (χ0n) is 12.7. The van der Waals surface area contributed by atoms with Gasteiger partial charge in [-0.1, -0.05) is 0 Å². The molecule has 21 heavy (non-hydrogen) atoms. The number of methoxy groups -OCH3 is 1. The molecule has 0 N–H and O–H groups in total. The summed E-state index contributed by atoms with van der Waals surface area (Å²) < 4.78 is 4.98. The maximum atomic E-state index is 12.5. The average Bonchev–Trinajstić information content (AvgIpc) is 2.53. The van der Waals surface area contributed by atoms with Gasteiger partial charge in [0, 0.05) is 39.4 Å². The Hall–Kier alpha value is -2.11. The van der Waals surface area contributed by atoms with Crippen molar-refractivity contribution in [1.82, 2.24) is 14.8 Å². The molecule has 1 fully saturated rings. The SMILES string of the molecule is COc1ccc(C(=O)N2CCC[C@@H](C(=O)N(C)C)C2)cn1. The van der Waals surface area contributed by atoms with Crippen LogP contribution in [-0.4, -0.2) is 60.9 Å². The molecule has 0 spiro atoms. The molecule has 114 valence electrons. The molecule has 1 aliphatic rings. The first-order chi connectivity index (χ1) is 10.0. The Kier molecular flexibility index (Phi) is 4.77. The first kappa shape index (κ1) is 15.3. The maximum Gasteiger partial charge on any atom is 0.255 e. The van der Waals surface area contributed by atoms with Gasteiger partial charge in [0.2, 0.25) is 11.8 Å². The lowest BCUT2D eigenvalue weighted by atomic mass is 9.96. The summed E-state index contributed by atoms with van der Waals surface area (Å²) in [6.45, 7) is 1.16. The Balaban J connectivity index is 2.06. The highest BCUT2D eigenvalue weighted by Crippen LogP contribution is 2.20. The second-order valence-electron chi connectivity index (χ2n) is 5.41. The normalized spacial score (nSPS) is 18.2. The van der Waals surface area contributed by atoms with Gasteiger partial charge in [-0.25, -0.2) is 4.98 Å². The van der Waals surface area contributed by atoms with Crippen LogP contribution in [0.25, 0.3) is 0 Å². The number of carbonyl (C=O) groups excluding carboxylic acids is 2. The minimum atomic E-state index is -0.107. The average molecular weight is 291 g/mol. The molecule has 0 aliphatic carbocycles. The van der Waals surface area contributed by atoms with Crippen molar-refractivity contribution in [2.45, 2.75) is 12.8 Å². The number of pyridine rings is 1. The molecular formula is C15H21N3O3. The minimum Gasteiger partial charge on any atom is -0.481 e. The molecule has 0 unspecified atom stereocenters. The Morgan fingerprint density at radius 3 is 2.71 bits per heavy atom. The predicted molar refractivity (Wildman–Crippen MR) is 78.1 cm³/mol. The third-order valence-electron chi connectivity index (χ3n) is 3.69. The van der Waals surface area contributed by atoms with Gasteiger partial charge in [0.05, 0.1) is 18.6 Å². The molecule has 1 atom stereocenters. The van der Waals surface area contributed by atoms with Crippen LogP contribution in [0.5, 0.6) is 5.88 Å². The number of hydrogen-bond acceptors (Lipinski definition) is 4. The highest BCUT2D eigenvalue weighted by Gasteiger charge is 2.29. The third kappa shape index (κ3) is 3.51. The van der Waals surface area contributed by atoms with Crippen LogP contribution in [0.15, 0.2) is 18.3 Å². The summed E-state index contributed by atoms with van der Waals surface area (Å²) in [5, 5.41) is 0. The van der Waals surface area contributed by atoms with E-state index in [1.54, 1.807) is 36.0 Å². The molecule has 2 heterocycles. The number of aromatic nitrogens is 1. The summed E-state index contributed by atoms with van der Waals surface area (Å²) in [4.78, 5) is 31.9. The van der Waals surface area contributed by atoms with Gasteiger partial charge in [-0.15, -0.1) is 0 Å². The van der Waals surface area contributed by atoms with Crippen LogP contribution in [0.2, 0.25) is 0 Å². The Morgan fingerprint density at radius 1 is 1.38 bits per heavy atom. The molecule has 0 saturated carbocycles. The zero-order chi connectivity index (χ0) is 15.4. The molecular weight excluding hydrogens is 270 g/mol. The Bertz CT molecular complexity index is 513. The van der Waals surface area contributed by atoms with Crippen molar-refractivity contribution in [3.63, 3.8) is 0 Å². The molecule has 0 aromatic carbocycles. The lowest BCUT2D eigenvalue weighted by Gasteiger charge is -2.33. The van der Waals surface area contributed by atoms with E-state index in [0.29, 0.717) is 24.5 Å². The third-order valence-corrected chi connectivity index (χ3v) is 3.69. The fourth-order valence-corrected chi connectivity index (χ4v) is 2.54. The van der Waals surface area contributed by atoms with Crippen LogP contribution in [-0.2, 0) is 4.79 Å². The zero-order valence-corrected chi connectivity index (χ0v) is 12.7. The molecule has 2 amide bonds. The molecule has 6 nitrogen and oxygen atoms in total. The number of rotatable bonds is 3. The van der Waals surface area contributed by atoms with Crippen molar-refractivity contribution < 1.29 is 14.3 Å². The minimum absolute atomic E-state index is 0.0820. The van der Waals surface area contributed by atoms with E-state index in [1.165, 1.54) is 13.3 Å². The predicted octanol–water partition coefficient (Wildman–Crippen LogP) is 1.03. The van der Waals surface area contributed by atoms with Gasteiger partial charge in [-0.05, 0) is 18.9 Å². The van der Waals surface area contributed by atoms with Gasteiger partial charge in [-0.2, -0.15) is 0 Å². The molecule has 0 bridgehead atoms. The highest BCUT2D eigenvalue weighted by molar-refractivity contribution is 5.94. The van der Waals surface area contributed by atoms with Crippen LogP contribution in [0.3, 0.4) is 0 Å². The monoisotopic (exact) mass is 291 g/mol. The number of amides is 2. The van der Waals surface area contributed by atoms with E-state index >= 15 is 0 Å². The largest absolute Gasteiger partial charge is 0.481 e. The standard InChI is InChI=1S/C15H21N3O3/c1-17(2)14(19)12-5-4-8-18(10-12)15(20)11-6-7-13(21-3)16-9-11/h6-7,9,12H,4-5,8,10H2,1-3H3/t12-/m1/s1. The fraction of sp³-hybridized carbons (Fsp3) is 0.533. The summed E-state index contributed by atoms with van der Waals surface area (Å²) in [7, 11) is 5.03. The van der Waals surface area contributed by atoms with E-state index in [4.69, 9.17) is 4.74 Å². The van der Waals surface area contributed by atoms with Crippen molar-refractivity contribution in [3.8, 4) is 5.88 Å². The van der Waals surface area contributed by atoms with Crippen LogP contribution in [0, 0.1) is 5.92 Å². The number of carbonyl (C=O) groups is 2. The number of piperidine rings is 1. The van der Waals surface area contributed by atoms with Crippen LogP contribution in [0.1, 0.15) is 23.2 Å². The fourth-order valence-electron chi connectivity index (χ4n) is 2.54. The second-order valence-corrected chi connectivity index (χ2v) is 5.41. The van der Waals surface area contributed by atoms with E-state index in [1.807, 2.05) is 0 Å². The Morgan fingerprint density at radius 2 is 2.14 bits per heavy atom. The lowest BCUT2D eigenvalue weighted by molar-refractivity contribution is -0.134. The Labute approximate surface area is 124 Å². The van der Waals surface area contributed by atoms with E-state index in [2.05, 4.69) is 4.98 Å². The van der Waals surface area contributed by atoms with Crippen molar-refractivity contribution in [2.24, 2.45) is 5.92 Å². The van der Waals surface area contributed by atoms with Crippen LogP contribution < -0.4 is 4.74 Å². The van der Waals surface area contributed by atoms with Gasteiger partial charge in [0.15, 0.2) is 0 Å². The van der Waals surface area contributed by atoms with E-state index in [-0.39, 0.29) is 17.7 Å². The lowest BCUT2D eigenvalue weighted by Crippen LogP contribution is -2.45. The summed E-state index contributed by atoms with van der Waals surface area (Å²) in [5.41, 5.74) is 0.522. The van der Waals surface area contributed by atoms with Crippen molar-refractivity contribution in [2.75, 3.05) is 34.3 Å². The molecule has 6 heteroatoms. The van der Waals surface area contributed by atoms with E-state index < -0.39 is 0 Å². The number of nitrogens with zero attached hydrogens (tertiary/aromatic N) is 3. The summed E-state index contributed by atoms with van der Waals surface area (Å²) in [6, 6.07) is 3.37. The first-order valence-electron chi connectivity index (χ1n) is 7.03. The van der Waals surface area contributed by atoms with Crippen LogP contribution in [0.4, 0.5) is 0 Å². The van der Waals surface area contributed by atoms with E-state index in [0.717, 1.165) is 12.8 Å². The van der Waals surface area contributed by atoms with Gasteiger partial charge in [0.25, 0.3) is 5.91 Å². The second kappa shape index (κ2) is 6.56. The van der Waals surface area contributed by atoms with Crippen LogP contribution >= 0.6 is 0 Å². The van der Waals surface area contributed by atoms with E-state index in [9.17, 15) is 9.59 Å². The molecule has 1 aromatic rings. The quantitative estimate of drug-likeness (QED) is 0.834. The number of hydrogen-bond donors (Lipinski definition) is 0. The molecule has 1 aromatic heterocycles. The maximum absolute atomic E-state index is 12.5. The molecule has 2 rings (SSSR count). The van der Waals surface area contributed by atoms with Gasteiger partial charge in [-0.3, -0.25) is 9.59 Å². The molecule has 1 aliphatic heterocycles. The molecule has 1 saturated heterocycles. The van der Waals surface area contributed by atoms with Gasteiger partial charge in [0.1, 0.15) is 0 Å². The summed E-state index contributed by atoms with van der Waals surface area (Å²) in [5.74, 6) is 0.372. The van der Waals surface area contributed by atoms with Crippen molar-refractivity contribution in [1.29, 1.82) is 0 Å². The van der Waals surface area contributed by atoms with Crippen molar-refractivity contribution >= 4 is 11.8 Å². The first-order valence-corrected chi connectivity index (χ1v) is 7.03. The van der Waals surface area contributed by atoms with Gasteiger partial charge < -0.3 is 14.5 Å². The summed E-state index contributed by atoms with van der Waals surface area (Å²) in [6.07, 6.45) is 3.19. The number of likely N-dealkylation sites (tertiary alicyclic amines) is 1. The highest BCUT2D eigenvalue weighted by atomic mass is 16.5.